The smallest absolute Gasteiger partial charge is 0.416 e. The molecular weight excluding hydrogens is 613 g/mol. The number of likely N-dealkylation sites (N-methyl/N-ethyl adjacent to an activating group) is 1. The fraction of sp³-hybridized carbons (Fsp3) is 0.486. The maximum Gasteiger partial charge on any atom is 0.416 e. The number of halogens is 3. The molecule has 2 atom stereocenters. The number of benzene rings is 1. The predicted octanol–water partition coefficient (Wildman–Crippen LogP) is 5.28. The zero-order chi connectivity index (χ0) is 34.8. The van der Waals surface area contributed by atoms with Gasteiger partial charge >= 0.3 is 12.1 Å². The molecule has 0 bridgehead atoms. The van der Waals surface area contributed by atoms with Crippen LogP contribution < -0.4 is 16.4 Å². The first kappa shape index (κ1) is 35.7. The summed E-state index contributed by atoms with van der Waals surface area (Å²) in [5.41, 5.74) is 1.66. The summed E-state index contributed by atoms with van der Waals surface area (Å²) in [7, 11) is 3.45. The number of carboxylic acid groups (broad SMARTS) is 1. The van der Waals surface area contributed by atoms with Gasteiger partial charge in [0, 0.05) is 36.6 Å². The zero-order valence-corrected chi connectivity index (χ0v) is 27.7. The molecule has 47 heavy (non-hydrogen) atoms. The molecule has 2 aromatic heterocycles. The maximum absolute atomic E-state index is 14.1. The second-order valence-electron chi connectivity index (χ2n) is 13.1. The largest absolute Gasteiger partial charge is 0.481 e. The molecule has 1 aliphatic rings. The Morgan fingerprint density at radius 2 is 1.74 bits per heavy atom. The van der Waals surface area contributed by atoms with Crippen LogP contribution in [0.5, 0.6) is 0 Å². The number of fused-ring (bicyclic) bond motifs is 1. The molecule has 12 heteroatoms. The molecule has 1 aromatic carbocycles. The third kappa shape index (κ3) is 8.04. The highest BCUT2D eigenvalue weighted by molar-refractivity contribution is 5.82. The minimum atomic E-state index is -4.76. The van der Waals surface area contributed by atoms with Gasteiger partial charge in [0.25, 0.3) is 11.1 Å². The van der Waals surface area contributed by atoms with Crippen molar-refractivity contribution in [3.05, 3.63) is 90.7 Å². The number of nitrogens with zero attached hydrogens (tertiary/aromatic N) is 3. The fourth-order valence-corrected chi connectivity index (χ4v) is 6.48. The first-order valence-electron chi connectivity index (χ1n) is 15.8. The molecular formula is C35H43F3N4O5. The average molecular weight is 657 g/mol. The van der Waals surface area contributed by atoms with Gasteiger partial charge in [-0.15, -0.1) is 0 Å². The van der Waals surface area contributed by atoms with Crippen molar-refractivity contribution in [2.45, 2.75) is 84.6 Å². The van der Waals surface area contributed by atoms with Crippen LogP contribution in [0.4, 0.5) is 13.2 Å². The lowest BCUT2D eigenvalue weighted by Crippen LogP contribution is -2.41. The number of alkyl halides is 3. The lowest BCUT2D eigenvalue weighted by molar-refractivity contribution is -0.139. The number of amides is 1. The topological polar surface area (TPSA) is 114 Å². The molecule has 254 valence electrons. The highest BCUT2D eigenvalue weighted by Gasteiger charge is 2.36. The first-order valence-corrected chi connectivity index (χ1v) is 15.8. The van der Waals surface area contributed by atoms with Gasteiger partial charge in [0.2, 0.25) is 5.91 Å². The SMILES string of the molecule is Cc1cccc(C)c1-c1cc([C@@H](CC(=O)O)NC(=O)[C@@H](CC(C)C)n2cc(CCN(C)C)c(C(F)(F)F)cc2=O)c2n(c1=O)CCC2. The van der Waals surface area contributed by atoms with Gasteiger partial charge in [-0.25, -0.2) is 0 Å². The number of carboxylic acids is 1. The lowest BCUT2D eigenvalue weighted by atomic mass is 9.92. The number of hydrogen-bond acceptors (Lipinski definition) is 5. The quantitative estimate of drug-likeness (QED) is 0.274. The summed E-state index contributed by atoms with van der Waals surface area (Å²) in [6.45, 7) is 8.15. The molecule has 3 aromatic rings. The van der Waals surface area contributed by atoms with E-state index in [1.54, 1.807) is 29.6 Å². The Balaban J connectivity index is 1.84. The molecule has 0 spiro atoms. The van der Waals surface area contributed by atoms with Crippen LogP contribution in [0.25, 0.3) is 11.1 Å². The Morgan fingerprint density at radius 3 is 2.32 bits per heavy atom. The number of aryl methyl sites for hydroxylation is 2. The summed E-state index contributed by atoms with van der Waals surface area (Å²) in [4.78, 5) is 55.0. The molecule has 4 rings (SSSR count). The Bertz CT molecular complexity index is 1750. The summed E-state index contributed by atoms with van der Waals surface area (Å²) in [6, 6.07) is 5.59. The highest BCUT2D eigenvalue weighted by Crippen LogP contribution is 2.34. The molecule has 2 N–H and O–H groups in total. The van der Waals surface area contributed by atoms with Gasteiger partial charge < -0.3 is 24.5 Å². The van der Waals surface area contributed by atoms with Crippen LogP contribution in [-0.4, -0.2) is 51.7 Å². The molecule has 0 unspecified atom stereocenters. The van der Waals surface area contributed by atoms with Gasteiger partial charge in [-0.2, -0.15) is 13.2 Å². The summed E-state index contributed by atoms with van der Waals surface area (Å²) in [5, 5.41) is 12.8. The normalized spacial score (nSPS) is 14.4. The van der Waals surface area contributed by atoms with Crippen LogP contribution in [0.3, 0.4) is 0 Å². The van der Waals surface area contributed by atoms with Gasteiger partial charge in [-0.1, -0.05) is 32.0 Å². The van der Waals surface area contributed by atoms with E-state index in [0.29, 0.717) is 42.3 Å². The monoisotopic (exact) mass is 656 g/mol. The van der Waals surface area contributed by atoms with Crippen LogP contribution in [0.1, 0.15) is 78.7 Å². The summed E-state index contributed by atoms with van der Waals surface area (Å²) < 4.78 is 44.5. The second-order valence-corrected chi connectivity index (χ2v) is 13.1. The van der Waals surface area contributed by atoms with Crippen LogP contribution in [0.2, 0.25) is 0 Å². The van der Waals surface area contributed by atoms with Crippen LogP contribution in [0, 0.1) is 19.8 Å². The van der Waals surface area contributed by atoms with E-state index < -0.39 is 47.7 Å². The number of nitrogens with one attached hydrogen (secondary N) is 1. The molecule has 0 saturated carbocycles. The van der Waals surface area contributed by atoms with E-state index in [1.165, 1.54) is 0 Å². The van der Waals surface area contributed by atoms with E-state index in [0.717, 1.165) is 27.5 Å². The number of aromatic nitrogens is 2. The second kappa shape index (κ2) is 14.3. The Morgan fingerprint density at radius 1 is 1.09 bits per heavy atom. The Labute approximate surface area is 272 Å². The number of rotatable bonds is 12. The molecule has 3 heterocycles. The van der Waals surface area contributed by atoms with Crippen molar-refractivity contribution in [3.63, 3.8) is 0 Å². The molecule has 9 nitrogen and oxygen atoms in total. The van der Waals surface area contributed by atoms with Crippen molar-refractivity contribution < 1.29 is 27.9 Å². The number of carbonyl (C=O) groups is 2. The first-order chi connectivity index (χ1) is 22.0. The minimum Gasteiger partial charge on any atom is -0.481 e. The number of pyridine rings is 2. The van der Waals surface area contributed by atoms with Crippen LogP contribution in [0.15, 0.2) is 46.1 Å². The number of carbonyl (C=O) groups excluding carboxylic acids is 1. The Kier molecular flexibility index (Phi) is 10.8. The summed E-state index contributed by atoms with van der Waals surface area (Å²) in [6.07, 6.45) is -2.87. The molecule has 1 aliphatic heterocycles. The molecule has 0 saturated heterocycles. The van der Waals surface area contributed by atoms with Crippen molar-refractivity contribution in [2.75, 3.05) is 20.6 Å². The molecule has 0 fully saturated rings. The van der Waals surface area contributed by atoms with E-state index in [2.05, 4.69) is 5.32 Å². The van der Waals surface area contributed by atoms with Crippen molar-refractivity contribution >= 4 is 11.9 Å². The average Bonchev–Trinajstić information content (AvgIpc) is 3.45. The van der Waals surface area contributed by atoms with Crippen molar-refractivity contribution in [1.82, 2.24) is 19.4 Å². The fourth-order valence-electron chi connectivity index (χ4n) is 6.48. The third-order valence-corrected chi connectivity index (χ3v) is 8.68. The zero-order valence-electron chi connectivity index (χ0n) is 27.7. The predicted molar refractivity (Wildman–Crippen MR) is 174 cm³/mol. The van der Waals surface area contributed by atoms with Gasteiger partial charge in [-0.3, -0.25) is 19.2 Å². The van der Waals surface area contributed by atoms with Crippen molar-refractivity contribution in [1.29, 1.82) is 0 Å². The number of hydrogen-bond donors (Lipinski definition) is 2. The number of aliphatic carboxylic acids is 1. The van der Waals surface area contributed by atoms with E-state index in [9.17, 15) is 37.5 Å². The minimum absolute atomic E-state index is 0.00815. The van der Waals surface area contributed by atoms with Crippen molar-refractivity contribution in [2.24, 2.45) is 5.92 Å². The van der Waals surface area contributed by atoms with Gasteiger partial charge in [0.1, 0.15) is 6.04 Å². The maximum atomic E-state index is 14.1. The van der Waals surface area contributed by atoms with Crippen molar-refractivity contribution in [3.8, 4) is 11.1 Å². The van der Waals surface area contributed by atoms with Crippen LogP contribution in [-0.2, 0) is 35.2 Å². The van der Waals surface area contributed by atoms with Gasteiger partial charge in [-0.05, 0) is 93.4 Å². The Hall–Kier alpha value is -4.19. The standard InChI is InChI=1S/C35H43F3N4O5/c1-20(2)15-29(42-19-23(12-14-40(5)6)26(17-30(42)43)35(36,37)38)33(46)39-27(18-31(44)45)24-16-25(32-21(3)9-7-10-22(32)4)34(47)41-13-8-11-28(24)41/h7,9-10,16-17,19-20,27,29H,8,11-15,18H2,1-6H3,(H,39,46)(H,44,45)/t27-,29-/m1/s1. The van der Waals surface area contributed by atoms with E-state index in [-0.39, 0.29) is 36.4 Å². The van der Waals surface area contributed by atoms with E-state index in [1.807, 2.05) is 45.9 Å². The molecule has 0 aliphatic carbocycles. The van der Waals surface area contributed by atoms with Crippen LogP contribution >= 0.6 is 0 Å². The highest BCUT2D eigenvalue weighted by atomic mass is 19.4. The lowest BCUT2D eigenvalue weighted by Gasteiger charge is -2.27. The summed E-state index contributed by atoms with van der Waals surface area (Å²) in [5.74, 6) is -2.02. The molecule has 0 radical (unpaired) electrons. The molecule has 1 amide bonds. The van der Waals surface area contributed by atoms with Gasteiger partial charge in [0.15, 0.2) is 0 Å². The van der Waals surface area contributed by atoms with Gasteiger partial charge in [0.05, 0.1) is 18.0 Å². The summed E-state index contributed by atoms with van der Waals surface area (Å²) >= 11 is 0. The van der Waals surface area contributed by atoms with E-state index in [4.69, 9.17) is 0 Å². The van der Waals surface area contributed by atoms with E-state index >= 15 is 0 Å². The third-order valence-electron chi connectivity index (χ3n) is 8.68.